The Balaban J connectivity index is 3.99. The van der Waals surface area contributed by atoms with Gasteiger partial charge in [-0.3, -0.25) is 0 Å². The summed E-state index contributed by atoms with van der Waals surface area (Å²) in [4.78, 5) is 0. The van der Waals surface area contributed by atoms with Crippen molar-refractivity contribution in [2.75, 3.05) is 20.8 Å². The van der Waals surface area contributed by atoms with Gasteiger partial charge in [-0.25, -0.2) is 0 Å². The molecule has 0 aromatic carbocycles. The summed E-state index contributed by atoms with van der Waals surface area (Å²) in [6.45, 7) is 6.29. The summed E-state index contributed by atoms with van der Waals surface area (Å²) in [6.07, 6.45) is 5.21. The van der Waals surface area contributed by atoms with Crippen LogP contribution in [0.25, 0.3) is 0 Å². The van der Waals surface area contributed by atoms with Gasteiger partial charge in [0.25, 0.3) is 0 Å². The second-order valence-corrected chi connectivity index (χ2v) is 6.12. The van der Waals surface area contributed by atoms with E-state index in [2.05, 4.69) is 13.5 Å². The third kappa shape index (κ3) is 4.90. The van der Waals surface area contributed by atoms with E-state index in [1.54, 1.807) is 20.3 Å². The molecule has 84 valence electrons. The zero-order chi connectivity index (χ0) is 10.9. The van der Waals surface area contributed by atoms with E-state index in [1.807, 2.05) is 0 Å². The van der Waals surface area contributed by atoms with Crippen molar-refractivity contribution in [1.82, 2.24) is 0 Å². The fraction of sp³-hybridized carbons (Fsp3) is 0.800. The van der Waals surface area contributed by atoms with Gasteiger partial charge in [0, 0.05) is 20.3 Å². The van der Waals surface area contributed by atoms with Crippen molar-refractivity contribution >= 4 is 8.80 Å². The summed E-state index contributed by atoms with van der Waals surface area (Å²) in [5.41, 5.74) is 0. The Morgan fingerprint density at radius 3 is 2.29 bits per heavy atom. The van der Waals surface area contributed by atoms with Crippen LogP contribution in [0.1, 0.15) is 26.2 Å². The first-order chi connectivity index (χ1) is 6.74. The zero-order valence-electron chi connectivity index (χ0n) is 9.54. The molecule has 0 amide bonds. The molecule has 3 nitrogen and oxygen atoms in total. The van der Waals surface area contributed by atoms with Gasteiger partial charge in [0.15, 0.2) is 0 Å². The minimum atomic E-state index is -2.37. The van der Waals surface area contributed by atoms with E-state index in [1.165, 1.54) is 12.8 Å². The quantitative estimate of drug-likeness (QED) is 0.338. The first-order valence-electron chi connectivity index (χ1n) is 5.09. The standard InChI is InChI=1S/C10H22O3Si/c1-5-7-8-10-14(11-3,12-4)13-9-6-2/h6H,2,5,7-10H2,1,3-4H3. The van der Waals surface area contributed by atoms with Crippen molar-refractivity contribution in [3.05, 3.63) is 12.7 Å². The van der Waals surface area contributed by atoms with Gasteiger partial charge in [-0.05, 0) is 6.42 Å². The largest absolute Gasteiger partial charge is 0.500 e. The minimum Gasteiger partial charge on any atom is -0.377 e. The molecule has 0 atom stereocenters. The second kappa shape index (κ2) is 8.17. The molecule has 0 radical (unpaired) electrons. The maximum atomic E-state index is 5.60. The fourth-order valence-electron chi connectivity index (χ4n) is 1.25. The van der Waals surface area contributed by atoms with Crippen molar-refractivity contribution in [3.8, 4) is 0 Å². The first-order valence-corrected chi connectivity index (χ1v) is 7.03. The number of hydrogen-bond acceptors (Lipinski definition) is 3. The van der Waals surface area contributed by atoms with Crippen molar-refractivity contribution in [1.29, 1.82) is 0 Å². The van der Waals surface area contributed by atoms with E-state index in [-0.39, 0.29) is 0 Å². The van der Waals surface area contributed by atoms with Gasteiger partial charge in [-0.15, -0.1) is 6.58 Å². The van der Waals surface area contributed by atoms with Crippen molar-refractivity contribution in [3.63, 3.8) is 0 Å². The molecule has 0 spiro atoms. The van der Waals surface area contributed by atoms with Crippen LogP contribution in [0.2, 0.25) is 6.04 Å². The van der Waals surface area contributed by atoms with Crippen LogP contribution < -0.4 is 0 Å². The van der Waals surface area contributed by atoms with Crippen LogP contribution in [-0.2, 0) is 13.3 Å². The summed E-state index contributed by atoms with van der Waals surface area (Å²) in [5.74, 6) is 0. The molecule has 0 heterocycles. The van der Waals surface area contributed by atoms with E-state index in [4.69, 9.17) is 13.3 Å². The number of rotatable bonds is 9. The highest BCUT2D eigenvalue weighted by Crippen LogP contribution is 2.17. The summed E-state index contributed by atoms with van der Waals surface area (Å²) < 4.78 is 16.4. The Hall–Kier alpha value is -0.163. The Labute approximate surface area is 88.4 Å². The second-order valence-electron chi connectivity index (χ2n) is 3.15. The van der Waals surface area contributed by atoms with Crippen LogP contribution in [0.3, 0.4) is 0 Å². The summed E-state index contributed by atoms with van der Waals surface area (Å²) in [7, 11) is 0.942. The molecule has 0 aliphatic rings. The van der Waals surface area contributed by atoms with E-state index in [0.717, 1.165) is 12.5 Å². The molecule has 0 N–H and O–H groups in total. The monoisotopic (exact) mass is 218 g/mol. The summed E-state index contributed by atoms with van der Waals surface area (Å²) in [6, 6.07) is 0.891. The maximum Gasteiger partial charge on any atom is 0.500 e. The van der Waals surface area contributed by atoms with Crippen molar-refractivity contribution in [2.45, 2.75) is 32.2 Å². The highest BCUT2D eigenvalue weighted by atomic mass is 28.4. The Morgan fingerprint density at radius 1 is 1.21 bits per heavy atom. The van der Waals surface area contributed by atoms with Gasteiger partial charge in [0.2, 0.25) is 0 Å². The highest BCUT2D eigenvalue weighted by molar-refractivity contribution is 6.60. The lowest BCUT2D eigenvalue weighted by Crippen LogP contribution is -2.43. The molecule has 0 saturated carbocycles. The lowest BCUT2D eigenvalue weighted by Gasteiger charge is -2.25. The van der Waals surface area contributed by atoms with E-state index < -0.39 is 8.80 Å². The normalized spacial score (nSPS) is 11.6. The van der Waals surface area contributed by atoms with Crippen LogP contribution >= 0.6 is 0 Å². The fourth-order valence-corrected chi connectivity index (χ4v) is 3.26. The molecule has 0 aromatic rings. The molecular weight excluding hydrogens is 196 g/mol. The van der Waals surface area contributed by atoms with Gasteiger partial charge >= 0.3 is 8.80 Å². The number of hydrogen-bond donors (Lipinski definition) is 0. The van der Waals surface area contributed by atoms with Gasteiger partial charge in [-0.2, -0.15) is 0 Å². The van der Waals surface area contributed by atoms with Crippen LogP contribution in [0.15, 0.2) is 12.7 Å². The average molecular weight is 218 g/mol. The van der Waals surface area contributed by atoms with Crippen LogP contribution in [0.5, 0.6) is 0 Å². The molecule has 4 heteroatoms. The molecule has 0 saturated heterocycles. The topological polar surface area (TPSA) is 27.7 Å². The molecule has 14 heavy (non-hydrogen) atoms. The van der Waals surface area contributed by atoms with Gasteiger partial charge in [0.1, 0.15) is 0 Å². The summed E-state index contributed by atoms with van der Waals surface area (Å²) in [5, 5.41) is 0. The first kappa shape index (κ1) is 13.8. The smallest absolute Gasteiger partial charge is 0.377 e. The average Bonchev–Trinajstić information content (AvgIpc) is 2.24. The predicted molar refractivity (Wildman–Crippen MR) is 60.3 cm³/mol. The highest BCUT2D eigenvalue weighted by Gasteiger charge is 2.37. The van der Waals surface area contributed by atoms with Crippen LogP contribution in [0, 0.1) is 0 Å². The lowest BCUT2D eigenvalue weighted by molar-refractivity contribution is 0.109. The zero-order valence-corrected chi connectivity index (χ0v) is 10.5. The SMILES string of the molecule is C=CCO[Si](CCCCC)(OC)OC. The van der Waals surface area contributed by atoms with E-state index >= 15 is 0 Å². The third-order valence-corrected chi connectivity index (χ3v) is 4.95. The van der Waals surface area contributed by atoms with Crippen molar-refractivity contribution < 1.29 is 13.3 Å². The Morgan fingerprint density at radius 2 is 1.86 bits per heavy atom. The third-order valence-electron chi connectivity index (χ3n) is 2.13. The Kier molecular flexibility index (Phi) is 8.08. The van der Waals surface area contributed by atoms with Gasteiger partial charge in [-0.1, -0.05) is 25.8 Å². The maximum absolute atomic E-state index is 5.60. The molecule has 0 bridgehead atoms. The molecule has 0 fully saturated rings. The molecule has 0 aromatic heterocycles. The molecule has 0 rings (SSSR count). The molecule has 0 aliphatic carbocycles. The minimum absolute atomic E-state index is 0.500. The van der Waals surface area contributed by atoms with Crippen LogP contribution in [-0.4, -0.2) is 29.6 Å². The van der Waals surface area contributed by atoms with E-state index in [9.17, 15) is 0 Å². The van der Waals surface area contributed by atoms with E-state index in [0.29, 0.717) is 6.61 Å². The predicted octanol–water partition coefficient (Wildman–Crippen LogP) is 2.61. The number of unbranched alkanes of at least 4 members (excludes halogenated alkanes) is 2. The van der Waals surface area contributed by atoms with Gasteiger partial charge in [0.05, 0.1) is 6.61 Å². The Bertz CT molecular complexity index is 146. The molecular formula is C10H22O3Si. The lowest BCUT2D eigenvalue weighted by atomic mass is 10.3. The van der Waals surface area contributed by atoms with Crippen molar-refractivity contribution in [2.24, 2.45) is 0 Å². The molecule has 0 unspecified atom stereocenters. The summed E-state index contributed by atoms with van der Waals surface area (Å²) >= 11 is 0. The van der Waals surface area contributed by atoms with Gasteiger partial charge < -0.3 is 13.3 Å². The van der Waals surface area contributed by atoms with Crippen LogP contribution in [0.4, 0.5) is 0 Å². The molecule has 0 aliphatic heterocycles.